The van der Waals surface area contributed by atoms with Gasteiger partial charge in [-0.25, -0.2) is 17.8 Å². The van der Waals surface area contributed by atoms with Crippen LogP contribution in [0.1, 0.15) is 22.5 Å². The highest BCUT2D eigenvalue weighted by molar-refractivity contribution is 7.92. The fraction of sp³-hybridized carbons (Fsp3) is 0.238. The molecular formula is C21H19F4N3O4S. The van der Waals surface area contributed by atoms with E-state index in [1.165, 1.54) is 25.3 Å². The van der Waals surface area contributed by atoms with Crippen molar-refractivity contribution in [3.63, 3.8) is 0 Å². The van der Waals surface area contributed by atoms with Crippen LogP contribution in [0.25, 0.3) is 6.08 Å². The molecule has 0 spiro atoms. The Bertz CT molecular complexity index is 1220. The van der Waals surface area contributed by atoms with Crippen molar-refractivity contribution < 1.29 is 35.5 Å². The Labute approximate surface area is 187 Å². The smallest absolute Gasteiger partial charge is 0.372 e. The maximum Gasteiger partial charge on any atom is 0.433 e. The number of hydrogen-bond donors (Lipinski definition) is 2. The molecule has 0 radical (unpaired) electrons. The number of ether oxygens (including phenoxy) is 1. The lowest BCUT2D eigenvalue weighted by atomic mass is 10.1. The average Bonchev–Trinajstić information content (AvgIpc) is 2.71. The average molecular weight is 485 g/mol. The standard InChI is InChI=1S/C21H19F4N3O4S/c1-32-11-3-4-17-15(6-9-19(27-17)21(23,24)25)7-10-20(29)26-13-14-5-8-18(16(22)12-14)28-33(2,30)31/h5-10,12,28H,11,13H2,1-2H3,(H,26,29)/b10-7-. The zero-order chi connectivity index (χ0) is 24.6. The second-order valence-electron chi connectivity index (χ2n) is 6.61. The summed E-state index contributed by atoms with van der Waals surface area (Å²) in [6.45, 7) is -0.0956. The lowest BCUT2D eigenvalue weighted by molar-refractivity contribution is -0.141. The Balaban J connectivity index is 2.11. The monoisotopic (exact) mass is 485 g/mol. The number of sulfonamides is 1. The van der Waals surface area contributed by atoms with Gasteiger partial charge in [0.15, 0.2) is 0 Å². The number of nitrogens with one attached hydrogen (secondary N) is 2. The number of benzene rings is 1. The molecule has 2 N–H and O–H groups in total. The van der Waals surface area contributed by atoms with E-state index < -0.39 is 33.6 Å². The number of hydrogen-bond acceptors (Lipinski definition) is 5. The van der Waals surface area contributed by atoms with Crippen LogP contribution >= 0.6 is 0 Å². The van der Waals surface area contributed by atoms with E-state index in [0.29, 0.717) is 5.56 Å². The van der Waals surface area contributed by atoms with Gasteiger partial charge < -0.3 is 10.1 Å². The van der Waals surface area contributed by atoms with E-state index in [4.69, 9.17) is 4.74 Å². The van der Waals surface area contributed by atoms with E-state index in [1.54, 1.807) is 0 Å². The van der Waals surface area contributed by atoms with Gasteiger partial charge in [-0.1, -0.05) is 12.0 Å². The van der Waals surface area contributed by atoms with Crippen molar-refractivity contribution in [1.29, 1.82) is 0 Å². The molecule has 0 atom stereocenters. The van der Waals surface area contributed by atoms with Gasteiger partial charge in [-0.05, 0) is 41.8 Å². The lowest BCUT2D eigenvalue weighted by Gasteiger charge is -2.08. The molecule has 0 unspecified atom stereocenters. The highest BCUT2D eigenvalue weighted by Gasteiger charge is 2.32. The van der Waals surface area contributed by atoms with Crippen molar-refractivity contribution >= 4 is 27.7 Å². The molecule has 1 aromatic carbocycles. The highest BCUT2D eigenvalue weighted by Crippen LogP contribution is 2.28. The van der Waals surface area contributed by atoms with Gasteiger partial charge in [0.2, 0.25) is 15.9 Å². The van der Waals surface area contributed by atoms with Crippen LogP contribution in [-0.2, 0) is 32.3 Å². The Morgan fingerprint density at radius 1 is 1.24 bits per heavy atom. The van der Waals surface area contributed by atoms with Crippen molar-refractivity contribution in [2.45, 2.75) is 12.7 Å². The summed E-state index contributed by atoms with van der Waals surface area (Å²) in [6, 6.07) is 5.60. The molecule has 1 aromatic heterocycles. The summed E-state index contributed by atoms with van der Waals surface area (Å²) in [5, 5.41) is 2.48. The van der Waals surface area contributed by atoms with E-state index >= 15 is 0 Å². The number of rotatable bonds is 7. The van der Waals surface area contributed by atoms with Crippen LogP contribution in [0.3, 0.4) is 0 Å². The Morgan fingerprint density at radius 3 is 2.58 bits per heavy atom. The number of carbonyl (C=O) groups is 1. The molecule has 0 aliphatic rings. The molecule has 0 bridgehead atoms. The Hall–Kier alpha value is -3.43. The van der Waals surface area contributed by atoms with E-state index in [-0.39, 0.29) is 30.1 Å². The number of nitrogens with zero attached hydrogens (tertiary/aromatic N) is 1. The first-order chi connectivity index (χ1) is 15.4. The van der Waals surface area contributed by atoms with Crippen molar-refractivity contribution in [3.05, 3.63) is 64.7 Å². The number of amides is 1. The molecule has 0 aliphatic heterocycles. The molecule has 0 fully saturated rings. The third kappa shape index (κ3) is 8.55. The molecule has 7 nitrogen and oxygen atoms in total. The molecular weight excluding hydrogens is 466 g/mol. The molecule has 1 amide bonds. The van der Waals surface area contributed by atoms with Crippen LogP contribution in [0.4, 0.5) is 23.2 Å². The normalized spacial score (nSPS) is 11.7. The number of pyridine rings is 1. The zero-order valence-corrected chi connectivity index (χ0v) is 18.3. The first-order valence-electron chi connectivity index (χ1n) is 9.17. The number of carbonyl (C=O) groups excluding carboxylic acids is 1. The number of aromatic nitrogens is 1. The van der Waals surface area contributed by atoms with Crippen molar-refractivity contribution in [2.75, 3.05) is 24.7 Å². The van der Waals surface area contributed by atoms with Crippen LogP contribution in [0.2, 0.25) is 0 Å². The zero-order valence-electron chi connectivity index (χ0n) is 17.5. The summed E-state index contributed by atoms with van der Waals surface area (Å²) in [6.07, 6.45) is -1.45. The minimum Gasteiger partial charge on any atom is -0.372 e. The fourth-order valence-electron chi connectivity index (χ4n) is 2.42. The van der Waals surface area contributed by atoms with Crippen LogP contribution in [0, 0.1) is 17.7 Å². The van der Waals surface area contributed by atoms with Gasteiger partial charge in [-0.3, -0.25) is 9.52 Å². The fourth-order valence-corrected chi connectivity index (χ4v) is 2.98. The first-order valence-corrected chi connectivity index (χ1v) is 11.1. The molecule has 2 rings (SSSR count). The Kier molecular flexibility index (Phi) is 8.56. The largest absolute Gasteiger partial charge is 0.433 e. The predicted octanol–water partition coefficient (Wildman–Crippen LogP) is 2.94. The molecule has 12 heteroatoms. The van der Waals surface area contributed by atoms with E-state index in [9.17, 15) is 30.8 Å². The Morgan fingerprint density at radius 2 is 1.97 bits per heavy atom. The topological polar surface area (TPSA) is 97.4 Å². The number of halogens is 4. The van der Waals surface area contributed by atoms with Crippen LogP contribution in [0.15, 0.2) is 36.4 Å². The summed E-state index contributed by atoms with van der Waals surface area (Å²) in [5.41, 5.74) is -0.993. The molecule has 0 saturated carbocycles. The van der Waals surface area contributed by atoms with Crippen LogP contribution in [-0.4, -0.2) is 39.3 Å². The molecule has 0 aliphatic carbocycles. The van der Waals surface area contributed by atoms with Gasteiger partial charge in [0.05, 0.1) is 11.9 Å². The maximum absolute atomic E-state index is 14.0. The summed E-state index contributed by atoms with van der Waals surface area (Å²) in [4.78, 5) is 15.6. The van der Waals surface area contributed by atoms with E-state index in [0.717, 1.165) is 30.5 Å². The molecule has 2 aromatic rings. The molecule has 1 heterocycles. The minimum atomic E-state index is -4.65. The van der Waals surface area contributed by atoms with E-state index in [1.807, 2.05) is 4.72 Å². The maximum atomic E-state index is 14.0. The van der Waals surface area contributed by atoms with Crippen molar-refractivity contribution in [1.82, 2.24) is 10.3 Å². The predicted molar refractivity (Wildman–Crippen MR) is 114 cm³/mol. The van der Waals surface area contributed by atoms with Gasteiger partial charge >= 0.3 is 6.18 Å². The molecule has 0 saturated heterocycles. The lowest BCUT2D eigenvalue weighted by Crippen LogP contribution is -2.20. The van der Waals surface area contributed by atoms with Gasteiger partial charge in [0.25, 0.3) is 0 Å². The number of methoxy groups -OCH3 is 1. The first kappa shape index (κ1) is 25.8. The van der Waals surface area contributed by atoms with Gasteiger partial charge in [0, 0.05) is 25.3 Å². The quantitative estimate of drug-likeness (QED) is 0.357. The molecule has 176 valence electrons. The SMILES string of the molecule is COCC#Cc1nc(C(F)(F)F)ccc1/C=C\C(=O)NCc1ccc(NS(C)(=O)=O)c(F)c1. The minimum absolute atomic E-state index is 0.0172. The van der Waals surface area contributed by atoms with Gasteiger partial charge in [0.1, 0.15) is 23.8 Å². The van der Waals surface area contributed by atoms with Gasteiger partial charge in [-0.15, -0.1) is 0 Å². The second-order valence-corrected chi connectivity index (χ2v) is 8.35. The summed E-state index contributed by atoms with van der Waals surface area (Å²) in [7, 11) is -2.27. The third-order valence-electron chi connectivity index (χ3n) is 3.85. The summed E-state index contributed by atoms with van der Waals surface area (Å²) < 4.78 is 81.9. The van der Waals surface area contributed by atoms with Crippen molar-refractivity contribution in [3.8, 4) is 11.8 Å². The third-order valence-corrected chi connectivity index (χ3v) is 4.44. The highest BCUT2D eigenvalue weighted by atomic mass is 32.2. The van der Waals surface area contributed by atoms with Crippen molar-refractivity contribution in [2.24, 2.45) is 0 Å². The van der Waals surface area contributed by atoms with Crippen LogP contribution in [0.5, 0.6) is 0 Å². The van der Waals surface area contributed by atoms with Crippen LogP contribution < -0.4 is 10.0 Å². The second kappa shape index (κ2) is 10.9. The number of alkyl halides is 3. The summed E-state index contributed by atoms with van der Waals surface area (Å²) >= 11 is 0. The van der Waals surface area contributed by atoms with Gasteiger partial charge in [-0.2, -0.15) is 13.2 Å². The van der Waals surface area contributed by atoms with E-state index in [2.05, 4.69) is 22.1 Å². The molecule has 33 heavy (non-hydrogen) atoms. The summed E-state index contributed by atoms with van der Waals surface area (Å²) in [5.74, 6) is 3.56. The number of anilines is 1.